The van der Waals surface area contributed by atoms with E-state index in [2.05, 4.69) is 0 Å². The second kappa shape index (κ2) is 6.03. The summed E-state index contributed by atoms with van der Waals surface area (Å²) >= 11 is 0. The van der Waals surface area contributed by atoms with Crippen LogP contribution < -0.4 is 0 Å². The minimum atomic E-state index is -1.03. The predicted octanol–water partition coefficient (Wildman–Crippen LogP) is 2.27. The minimum Gasteiger partial charge on any atom is -0.478 e. The van der Waals surface area contributed by atoms with Crippen molar-refractivity contribution in [2.75, 3.05) is 0 Å². The maximum absolute atomic E-state index is 11.5. The van der Waals surface area contributed by atoms with Crippen molar-refractivity contribution in [3.8, 4) is 0 Å². The van der Waals surface area contributed by atoms with E-state index in [9.17, 15) is 9.59 Å². The van der Waals surface area contributed by atoms with Crippen molar-refractivity contribution in [2.24, 2.45) is 0 Å². The van der Waals surface area contributed by atoms with Gasteiger partial charge in [-0.1, -0.05) is 25.1 Å². The molecule has 4 heteroatoms. The van der Waals surface area contributed by atoms with Gasteiger partial charge < -0.3 is 9.84 Å². The van der Waals surface area contributed by atoms with Crippen LogP contribution in [0.3, 0.4) is 0 Å². The summed E-state index contributed by atoms with van der Waals surface area (Å²) in [6, 6.07) is 6.45. The molecule has 0 heterocycles. The number of carboxylic acid groups (broad SMARTS) is 1. The summed E-state index contributed by atoms with van der Waals surface area (Å²) in [5, 5.41) is 8.95. The quantitative estimate of drug-likeness (QED) is 0.796. The predicted molar refractivity (Wildman–Crippen MR) is 63.0 cm³/mol. The van der Waals surface area contributed by atoms with E-state index in [-0.39, 0.29) is 18.1 Å². The lowest BCUT2D eigenvalue weighted by molar-refractivity contribution is -0.147. The average molecular weight is 236 g/mol. The Morgan fingerprint density at radius 1 is 1.35 bits per heavy atom. The molecule has 1 rings (SSSR count). The molecule has 0 amide bonds. The Bertz CT molecular complexity index is 412. The monoisotopic (exact) mass is 236 g/mol. The molecule has 1 aromatic carbocycles. The van der Waals surface area contributed by atoms with Gasteiger partial charge in [-0.3, -0.25) is 4.79 Å². The van der Waals surface area contributed by atoms with Crippen LogP contribution in [0.25, 0.3) is 0 Å². The van der Waals surface area contributed by atoms with Crippen LogP contribution in [0.1, 0.15) is 36.2 Å². The Labute approximate surface area is 100 Å². The molecule has 0 aliphatic carbocycles. The third kappa shape index (κ3) is 3.90. The van der Waals surface area contributed by atoms with E-state index in [0.29, 0.717) is 5.56 Å². The van der Waals surface area contributed by atoms with Crippen LogP contribution in [0.15, 0.2) is 24.3 Å². The molecule has 0 aromatic heterocycles. The van der Waals surface area contributed by atoms with Gasteiger partial charge in [-0.2, -0.15) is 0 Å². The molecule has 92 valence electrons. The molecule has 0 aliphatic heterocycles. The van der Waals surface area contributed by atoms with Gasteiger partial charge in [-0.15, -0.1) is 0 Å². The van der Waals surface area contributed by atoms with Crippen LogP contribution in [0.2, 0.25) is 0 Å². The number of carboxylic acids is 1. The summed E-state index contributed by atoms with van der Waals surface area (Å²) in [7, 11) is 0. The van der Waals surface area contributed by atoms with Gasteiger partial charge in [0.05, 0.1) is 18.1 Å². The molecule has 1 N–H and O–H groups in total. The zero-order valence-corrected chi connectivity index (χ0v) is 9.97. The third-order valence-corrected chi connectivity index (χ3v) is 2.49. The number of hydrogen-bond acceptors (Lipinski definition) is 3. The molecule has 0 aliphatic rings. The van der Waals surface area contributed by atoms with Crippen LogP contribution >= 0.6 is 0 Å². The van der Waals surface area contributed by atoms with Crippen molar-refractivity contribution >= 4 is 11.9 Å². The van der Waals surface area contributed by atoms with Crippen molar-refractivity contribution in [1.82, 2.24) is 0 Å². The summed E-state index contributed by atoms with van der Waals surface area (Å²) in [6.07, 6.45) is 0.596. The molecule has 1 unspecified atom stereocenters. The summed E-state index contributed by atoms with van der Waals surface area (Å²) in [5.41, 5.74) is 0.627. The zero-order valence-electron chi connectivity index (χ0n) is 9.97. The smallest absolute Gasteiger partial charge is 0.335 e. The lowest BCUT2D eigenvalue weighted by Crippen LogP contribution is -2.17. The highest BCUT2D eigenvalue weighted by Crippen LogP contribution is 2.11. The normalized spacial score (nSPS) is 11.9. The third-order valence-electron chi connectivity index (χ3n) is 2.49. The minimum absolute atomic E-state index is 0.00713. The lowest BCUT2D eigenvalue weighted by atomic mass is 10.0. The van der Waals surface area contributed by atoms with Crippen molar-refractivity contribution in [1.29, 1.82) is 0 Å². The largest absolute Gasteiger partial charge is 0.478 e. The van der Waals surface area contributed by atoms with E-state index in [0.717, 1.165) is 6.42 Å². The maximum atomic E-state index is 11.5. The van der Waals surface area contributed by atoms with E-state index in [1.54, 1.807) is 25.1 Å². The fourth-order valence-electron chi connectivity index (χ4n) is 1.39. The Morgan fingerprint density at radius 2 is 2.00 bits per heavy atom. The molecule has 0 saturated carbocycles. The molecular formula is C13H16O4. The number of carbonyl (C=O) groups is 2. The van der Waals surface area contributed by atoms with Gasteiger partial charge in [0.15, 0.2) is 0 Å². The first-order valence-corrected chi connectivity index (χ1v) is 5.55. The van der Waals surface area contributed by atoms with Gasteiger partial charge in [0, 0.05) is 0 Å². The number of aromatic carboxylic acids is 1. The molecule has 1 aromatic rings. The molecule has 0 saturated heterocycles. The van der Waals surface area contributed by atoms with E-state index < -0.39 is 11.9 Å². The molecule has 17 heavy (non-hydrogen) atoms. The lowest BCUT2D eigenvalue weighted by Gasteiger charge is -2.11. The number of esters is 1. The Hall–Kier alpha value is -1.84. The summed E-state index contributed by atoms with van der Waals surface area (Å²) in [6.45, 7) is 3.73. The highest BCUT2D eigenvalue weighted by atomic mass is 16.5. The first-order valence-electron chi connectivity index (χ1n) is 5.55. The highest BCUT2D eigenvalue weighted by Gasteiger charge is 2.14. The fourth-order valence-corrected chi connectivity index (χ4v) is 1.39. The molecule has 0 bridgehead atoms. The molecule has 0 fully saturated rings. The van der Waals surface area contributed by atoms with Crippen molar-refractivity contribution in [3.63, 3.8) is 0 Å². The second-order valence-corrected chi connectivity index (χ2v) is 3.85. The Morgan fingerprint density at radius 3 is 2.59 bits per heavy atom. The summed E-state index contributed by atoms with van der Waals surface area (Å²) in [5.74, 6) is -1.43. The molecular weight excluding hydrogens is 220 g/mol. The summed E-state index contributed by atoms with van der Waals surface area (Å²) < 4.78 is 5.11. The second-order valence-electron chi connectivity index (χ2n) is 3.85. The standard InChI is InChI=1S/C13H16O4/c1-3-9(2)17-12(14)8-10-6-4-5-7-11(10)13(15)16/h4-7,9H,3,8H2,1-2H3,(H,15,16). The van der Waals surface area contributed by atoms with E-state index in [1.165, 1.54) is 6.07 Å². The van der Waals surface area contributed by atoms with Gasteiger partial charge in [0.1, 0.15) is 0 Å². The van der Waals surface area contributed by atoms with E-state index >= 15 is 0 Å². The topological polar surface area (TPSA) is 63.6 Å². The Balaban J connectivity index is 2.74. The fraction of sp³-hybridized carbons (Fsp3) is 0.385. The zero-order chi connectivity index (χ0) is 12.8. The average Bonchev–Trinajstić information content (AvgIpc) is 2.29. The number of ether oxygens (including phenoxy) is 1. The number of carbonyl (C=O) groups excluding carboxylic acids is 1. The van der Waals surface area contributed by atoms with E-state index in [4.69, 9.17) is 9.84 Å². The Kier molecular flexibility index (Phi) is 4.69. The maximum Gasteiger partial charge on any atom is 0.335 e. The van der Waals surface area contributed by atoms with Crippen molar-refractivity contribution in [2.45, 2.75) is 32.8 Å². The van der Waals surface area contributed by atoms with Crippen molar-refractivity contribution in [3.05, 3.63) is 35.4 Å². The molecule has 0 radical (unpaired) electrons. The van der Waals surface area contributed by atoms with Crippen LogP contribution in [-0.2, 0) is 16.0 Å². The SMILES string of the molecule is CCC(C)OC(=O)Cc1ccccc1C(=O)O. The van der Waals surface area contributed by atoms with Gasteiger partial charge in [-0.25, -0.2) is 4.79 Å². The van der Waals surface area contributed by atoms with Crippen LogP contribution in [0.4, 0.5) is 0 Å². The van der Waals surface area contributed by atoms with Crippen molar-refractivity contribution < 1.29 is 19.4 Å². The van der Waals surface area contributed by atoms with Gasteiger partial charge in [0.25, 0.3) is 0 Å². The molecule has 4 nitrogen and oxygen atoms in total. The first-order chi connectivity index (χ1) is 8.04. The highest BCUT2D eigenvalue weighted by molar-refractivity contribution is 5.91. The number of hydrogen-bond donors (Lipinski definition) is 1. The van der Waals surface area contributed by atoms with Gasteiger partial charge in [0.2, 0.25) is 0 Å². The van der Waals surface area contributed by atoms with Gasteiger partial charge >= 0.3 is 11.9 Å². The molecule has 1 atom stereocenters. The van der Waals surface area contributed by atoms with Crippen LogP contribution in [0, 0.1) is 0 Å². The van der Waals surface area contributed by atoms with E-state index in [1.807, 2.05) is 6.92 Å². The first kappa shape index (κ1) is 13.2. The van der Waals surface area contributed by atoms with Gasteiger partial charge in [-0.05, 0) is 25.0 Å². The number of rotatable bonds is 5. The van der Waals surface area contributed by atoms with Crippen LogP contribution in [0.5, 0.6) is 0 Å². The molecule has 0 spiro atoms. The summed E-state index contributed by atoms with van der Waals surface area (Å²) in [4.78, 5) is 22.5. The van der Waals surface area contributed by atoms with Crippen LogP contribution in [-0.4, -0.2) is 23.1 Å². The number of benzene rings is 1.